The van der Waals surface area contributed by atoms with E-state index in [-0.39, 0.29) is 18.1 Å². The van der Waals surface area contributed by atoms with E-state index >= 15 is 0 Å². The SMILES string of the molecule is CC(C)[C@H]1CN(C(=O)c2ccon2)C[C@@H](c2ccccc2)O1. The summed E-state index contributed by atoms with van der Waals surface area (Å²) in [6, 6.07) is 11.6. The molecule has 0 N–H and O–H groups in total. The van der Waals surface area contributed by atoms with Crippen LogP contribution < -0.4 is 0 Å². The molecule has 0 unspecified atom stereocenters. The van der Waals surface area contributed by atoms with E-state index in [1.807, 2.05) is 35.2 Å². The van der Waals surface area contributed by atoms with Crippen LogP contribution in [0.3, 0.4) is 0 Å². The first-order chi connectivity index (χ1) is 10.6. The second-order valence-electron chi connectivity index (χ2n) is 5.91. The van der Waals surface area contributed by atoms with Gasteiger partial charge in [-0.15, -0.1) is 0 Å². The molecule has 0 saturated carbocycles. The third-order valence-electron chi connectivity index (χ3n) is 3.98. The van der Waals surface area contributed by atoms with Crippen LogP contribution in [0.5, 0.6) is 0 Å². The molecule has 1 saturated heterocycles. The van der Waals surface area contributed by atoms with E-state index in [4.69, 9.17) is 9.26 Å². The highest BCUT2D eigenvalue weighted by Gasteiger charge is 2.33. The van der Waals surface area contributed by atoms with Crippen molar-refractivity contribution in [3.63, 3.8) is 0 Å². The van der Waals surface area contributed by atoms with Crippen molar-refractivity contribution in [2.45, 2.75) is 26.1 Å². The van der Waals surface area contributed by atoms with Gasteiger partial charge in [0, 0.05) is 12.6 Å². The van der Waals surface area contributed by atoms with Crippen LogP contribution in [0.4, 0.5) is 0 Å². The smallest absolute Gasteiger partial charge is 0.276 e. The number of nitrogens with zero attached hydrogens (tertiary/aromatic N) is 2. The van der Waals surface area contributed by atoms with E-state index < -0.39 is 0 Å². The normalized spacial score (nSPS) is 22.0. The van der Waals surface area contributed by atoms with Crippen LogP contribution in [0.25, 0.3) is 0 Å². The standard InChI is InChI=1S/C17H20N2O3/c1-12(2)15-10-19(17(20)14-8-9-21-18-14)11-16(22-15)13-6-4-3-5-7-13/h3-9,12,15-16H,10-11H2,1-2H3/t15-,16+/m1/s1. The summed E-state index contributed by atoms with van der Waals surface area (Å²) in [6.45, 7) is 5.32. The van der Waals surface area contributed by atoms with Gasteiger partial charge in [-0.3, -0.25) is 4.79 Å². The molecule has 2 aromatic rings. The highest BCUT2D eigenvalue weighted by atomic mass is 16.5. The number of rotatable bonds is 3. The van der Waals surface area contributed by atoms with Crippen molar-refractivity contribution in [3.8, 4) is 0 Å². The Kier molecular flexibility index (Phi) is 4.24. The highest BCUT2D eigenvalue weighted by Crippen LogP contribution is 2.28. The first kappa shape index (κ1) is 14.8. The molecule has 0 aliphatic carbocycles. The number of ether oxygens (including phenoxy) is 1. The quantitative estimate of drug-likeness (QED) is 0.874. The Bertz CT molecular complexity index is 610. The van der Waals surface area contributed by atoms with Gasteiger partial charge in [0.1, 0.15) is 12.4 Å². The summed E-state index contributed by atoms with van der Waals surface area (Å²) in [7, 11) is 0. The molecule has 1 aromatic heterocycles. The Morgan fingerprint density at radius 2 is 2.00 bits per heavy atom. The number of aromatic nitrogens is 1. The van der Waals surface area contributed by atoms with Crippen LogP contribution in [0, 0.1) is 5.92 Å². The van der Waals surface area contributed by atoms with Gasteiger partial charge in [-0.05, 0) is 11.5 Å². The number of amides is 1. The summed E-state index contributed by atoms with van der Waals surface area (Å²) in [4.78, 5) is 14.4. The van der Waals surface area contributed by atoms with Crippen LogP contribution in [0.15, 0.2) is 47.2 Å². The molecule has 5 heteroatoms. The molecule has 5 nitrogen and oxygen atoms in total. The molecule has 3 rings (SSSR count). The van der Waals surface area contributed by atoms with E-state index in [9.17, 15) is 4.79 Å². The van der Waals surface area contributed by atoms with Crippen molar-refractivity contribution in [3.05, 3.63) is 53.9 Å². The molecule has 1 aromatic carbocycles. The highest BCUT2D eigenvalue weighted by molar-refractivity contribution is 5.92. The summed E-state index contributed by atoms with van der Waals surface area (Å²) in [5.41, 5.74) is 1.43. The molecule has 0 spiro atoms. The summed E-state index contributed by atoms with van der Waals surface area (Å²) in [6.07, 6.45) is 1.32. The van der Waals surface area contributed by atoms with Gasteiger partial charge in [0.15, 0.2) is 5.69 Å². The third kappa shape index (κ3) is 3.04. The lowest BCUT2D eigenvalue weighted by Gasteiger charge is -2.39. The van der Waals surface area contributed by atoms with Gasteiger partial charge in [0.05, 0.1) is 12.6 Å². The summed E-state index contributed by atoms with van der Waals surface area (Å²) < 4.78 is 11.0. The maximum Gasteiger partial charge on any atom is 0.276 e. The van der Waals surface area contributed by atoms with E-state index in [0.717, 1.165) is 5.56 Å². The van der Waals surface area contributed by atoms with Gasteiger partial charge in [0.2, 0.25) is 0 Å². The Morgan fingerprint density at radius 3 is 2.64 bits per heavy atom. The van der Waals surface area contributed by atoms with E-state index in [0.29, 0.717) is 24.7 Å². The van der Waals surface area contributed by atoms with Crippen LogP contribution in [-0.4, -0.2) is 35.2 Å². The van der Waals surface area contributed by atoms with E-state index in [1.165, 1.54) is 6.26 Å². The fourth-order valence-corrected chi connectivity index (χ4v) is 2.66. The van der Waals surface area contributed by atoms with Crippen molar-refractivity contribution in [2.75, 3.05) is 13.1 Å². The minimum Gasteiger partial charge on any atom is -0.366 e. The number of carbonyl (C=O) groups excluding carboxylic acids is 1. The predicted octanol–water partition coefficient (Wildman–Crippen LogP) is 2.91. The number of hydrogen-bond acceptors (Lipinski definition) is 4. The average molecular weight is 300 g/mol. The van der Waals surface area contributed by atoms with Crippen molar-refractivity contribution in [2.24, 2.45) is 5.92 Å². The molecule has 22 heavy (non-hydrogen) atoms. The maximum absolute atomic E-state index is 12.6. The van der Waals surface area contributed by atoms with Crippen molar-refractivity contribution >= 4 is 5.91 Å². The Morgan fingerprint density at radius 1 is 1.23 bits per heavy atom. The molecule has 1 aliphatic heterocycles. The van der Waals surface area contributed by atoms with Crippen LogP contribution in [0.2, 0.25) is 0 Å². The zero-order valence-corrected chi connectivity index (χ0v) is 12.8. The first-order valence-electron chi connectivity index (χ1n) is 7.55. The molecule has 116 valence electrons. The zero-order valence-electron chi connectivity index (χ0n) is 12.8. The number of morpholine rings is 1. The molecule has 1 aliphatic rings. The third-order valence-corrected chi connectivity index (χ3v) is 3.98. The Balaban J connectivity index is 1.83. The molecular weight excluding hydrogens is 280 g/mol. The topological polar surface area (TPSA) is 55.6 Å². The minimum atomic E-state index is -0.113. The fraction of sp³-hybridized carbons (Fsp3) is 0.412. The maximum atomic E-state index is 12.6. The van der Waals surface area contributed by atoms with E-state index in [2.05, 4.69) is 19.0 Å². The lowest BCUT2D eigenvalue weighted by Crippen LogP contribution is -2.48. The van der Waals surface area contributed by atoms with Gasteiger partial charge < -0.3 is 14.2 Å². The molecule has 0 bridgehead atoms. The van der Waals surface area contributed by atoms with Gasteiger partial charge in [-0.2, -0.15) is 0 Å². The van der Waals surface area contributed by atoms with Gasteiger partial charge in [-0.25, -0.2) is 0 Å². The lowest BCUT2D eigenvalue weighted by atomic mass is 10.0. The molecule has 2 atom stereocenters. The van der Waals surface area contributed by atoms with Crippen molar-refractivity contribution in [1.82, 2.24) is 10.1 Å². The molecule has 2 heterocycles. The Hall–Kier alpha value is -2.14. The number of carbonyl (C=O) groups is 1. The van der Waals surface area contributed by atoms with Gasteiger partial charge in [0.25, 0.3) is 5.91 Å². The minimum absolute atomic E-state index is 0.00908. The largest absolute Gasteiger partial charge is 0.366 e. The predicted molar refractivity (Wildman–Crippen MR) is 81.3 cm³/mol. The summed E-state index contributed by atoms with van der Waals surface area (Å²) >= 11 is 0. The summed E-state index contributed by atoms with van der Waals surface area (Å²) in [5, 5.41) is 3.75. The molecule has 0 radical (unpaired) electrons. The zero-order chi connectivity index (χ0) is 15.5. The number of benzene rings is 1. The van der Waals surface area contributed by atoms with Crippen LogP contribution >= 0.6 is 0 Å². The molecule has 1 amide bonds. The number of hydrogen-bond donors (Lipinski definition) is 0. The average Bonchev–Trinajstić information content (AvgIpc) is 3.09. The van der Waals surface area contributed by atoms with Crippen molar-refractivity contribution < 1.29 is 14.1 Å². The van der Waals surface area contributed by atoms with Crippen LogP contribution in [0.1, 0.15) is 36.0 Å². The lowest BCUT2D eigenvalue weighted by molar-refractivity contribution is -0.0956. The molecule has 1 fully saturated rings. The first-order valence-corrected chi connectivity index (χ1v) is 7.55. The van der Waals surface area contributed by atoms with Crippen LogP contribution in [-0.2, 0) is 4.74 Å². The van der Waals surface area contributed by atoms with Gasteiger partial charge >= 0.3 is 0 Å². The second kappa shape index (κ2) is 6.32. The Labute approximate surface area is 129 Å². The van der Waals surface area contributed by atoms with E-state index in [1.54, 1.807) is 6.07 Å². The fourth-order valence-electron chi connectivity index (χ4n) is 2.66. The van der Waals surface area contributed by atoms with Gasteiger partial charge in [-0.1, -0.05) is 49.3 Å². The second-order valence-corrected chi connectivity index (χ2v) is 5.91. The monoisotopic (exact) mass is 300 g/mol. The molecular formula is C17H20N2O3. The summed E-state index contributed by atoms with van der Waals surface area (Å²) in [5.74, 6) is 0.225. The van der Waals surface area contributed by atoms with Crippen molar-refractivity contribution in [1.29, 1.82) is 0 Å².